The molecule has 8 nitrogen and oxygen atoms in total. The van der Waals surface area contributed by atoms with E-state index in [2.05, 4.69) is 5.32 Å². The van der Waals surface area contributed by atoms with E-state index in [-0.39, 0.29) is 17.1 Å². The molecular formula is C28H24FN3O5S2. The molecule has 2 N–H and O–H groups in total. The van der Waals surface area contributed by atoms with Gasteiger partial charge in [0.25, 0.3) is 21.6 Å². The minimum Gasteiger partial charge on any atom is -0.379 e. The fourth-order valence-electron chi connectivity index (χ4n) is 3.74. The fourth-order valence-corrected chi connectivity index (χ4v) is 5.63. The molecule has 4 rings (SSSR count). The molecule has 0 aliphatic rings. The van der Waals surface area contributed by atoms with E-state index in [4.69, 9.17) is 0 Å². The molecule has 4 aromatic rings. The molecule has 0 aliphatic carbocycles. The molecular weight excluding hydrogens is 541 g/mol. The van der Waals surface area contributed by atoms with Crippen LogP contribution in [0.3, 0.4) is 0 Å². The first kappa shape index (κ1) is 27.8. The van der Waals surface area contributed by atoms with Gasteiger partial charge < -0.3 is 5.32 Å². The molecule has 0 radical (unpaired) electrons. The Balaban J connectivity index is 1.43. The van der Waals surface area contributed by atoms with Gasteiger partial charge in [-0.05, 0) is 66.1 Å². The average Bonchev–Trinajstić information content (AvgIpc) is 2.92. The van der Waals surface area contributed by atoms with Gasteiger partial charge in [0.1, 0.15) is 11.5 Å². The summed E-state index contributed by atoms with van der Waals surface area (Å²) in [4.78, 5) is 24.3. The monoisotopic (exact) mass is 565 g/mol. The maximum atomic E-state index is 13.2. The normalized spacial score (nSPS) is 11.1. The second-order valence-electron chi connectivity index (χ2n) is 8.50. The SMILES string of the molecule is Cc1ccccc1SCCNc1ccc(S(=O)(=O)NC(=O)c2ccc(-c3ccc(F)cc3)cc2)cc1[N+](=O)[O-]. The quantitative estimate of drug-likeness (QED) is 0.104. The fraction of sp³-hybridized carbons (Fsp3) is 0.107. The van der Waals surface area contributed by atoms with Gasteiger partial charge >= 0.3 is 0 Å². The maximum absolute atomic E-state index is 13.2. The van der Waals surface area contributed by atoms with E-state index in [1.165, 1.54) is 36.4 Å². The van der Waals surface area contributed by atoms with Crippen LogP contribution < -0.4 is 10.0 Å². The zero-order chi connectivity index (χ0) is 28.0. The molecule has 0 saturated heterocycles. The second kappa shape index (κ2) is 12.1. The lowest BCUT2D eigenvalue weighted by Crippen LogP contribution is -2.30. The Morgan fingerprint density at radius 2 is 1.59 bits per heavy atom. The highest BCUT2D eigenvalue weighted by atomic mass is 32.2. The van der Waals surface area contributed by atoms with Crippen LogP contribution in [0.5, 0.6) is 0 Å². The number of thioether (sulfide) groups is 1. The minimum atomic E-state index is -4.39. The van der Waals surface area contributed by atoms with Crippen LogP contribution in [0, 0.1) is 22.9 Å². The summed E-state index contributed by atoms with van der Waals surface area (Å²) >= 11 is 1.60. The number of nitrogens with zero attached hydrogens (tertiary/aromatic N) is 1. The number of rotatable bonds is 10. The smallest absolute Gasteiger partial charge is 0.293 e. The highest BCUT2D eigenvalue weighted by Crippen LogP contribution is 2.28. The second-order valence-corrected chi connectivity index (χ2v) is 11.3. The van der Waals surface area contributed by atoms with Crippen molar-refractivity contribution in [3.8, 4) is 11.1 Å². The van der Waals surface area contributed by atoms with Gasteiger partial charge in [-0.3, -0.25) is 14.9 Å². The van der Waals surface area contributed by atoms with Gasteiger partial charge in [-0.2, -0.15) is 0 Å². The molecule has 0 bridgehead atoms. The van der Waals surface area contributed by atoms with E-state index < -0.39 is 31.4 Å². The van der Waals surface area contributed by atoms with Crippen molar-refractivity contribution in [3.63, 3.8) is 0 Å². The Labute approximate surface area is 229 Å². The van der Waals surface area contributed by atoms with E-state index in [0.29, 0.717) is 17.9 Å². The standard InChI is InChI=1S/C28H24FN3O5S2/c1-19-4-2-3-5-27(19)38-17-16-30-25-15-14-24(18-26(25)32(34)35)39(36,37)31-28(33)22-8-6-20(7-9-22)21-10-12-23(29)13-11-21/h2-15,18,30H,16-17H2,1H3,(H,31,33). The number of carbonyl (C=O) groups excluding carboxylic acids is 1. The Hall–Kier alpha value is -4.22. The third-order valence-electron chi connectivity index (χ3n) is 5.80. The van der Waals surface area contributed by atoms with Gasteiger partial charge in [-0.25, -0.2) is 17.5 Å². The number of hydrogen-bond donors (Lipinski definition) is 2. The van der Waals surface area contributed by atoms with E-state index in [9.17, 15) is 27.7 Å². The van der Waals surface area contributed by atoms with Crippen molar-refractivity contribution in [2.45, 2.75) is 16.7 Å². The lowest BCUT2D eigenvalue weighted by molar-refractivity contribution is -0.384. The van der Waals surface area contributed by atoms with Gasteiger partial charge in [0.2, 0.25) is 0 Å². The molecule has 0 fully saturated rings. The number of benzene rings is 4. The van der Waals surface area contributed by atoms with E-state index >= 15 is 0 Å². The molecule has 1 amide bonds. The zero-order valence-corrected chi connectivity index (χ0v) is 22.4. The number of aryl methyl sites for hydroxylation is 1. The number of anilines is 1. The Kier molecular flexibility index (Phi) is 8.62. The van der Waals surface area contributed by atoms with Crippen LogP contribution >= 0.6 is 11.8 Å². The summed E-state index contributed by atoms with van der Waals surface area (Å²) in [5.41, 5.74) is 2.40. The van der Waals surface area contributed by atoms with Crippen molar-refractivity contribution in [1.29, 1.82) is 0 Å². The Bertz CT molecular complexity index is 1610. The average molecular weight is 566 g/mol. The molecule has 11 heteroatoms. The number of nitro benzene ring substituents is 1. The molecule has 0 heterocycles. The summed E-state index contributed by atoms with van der Waals surface area (Å²) < 4.78 is 40.8. The molecule has 39 heavy (non-hydrogen) atoms. The van der Waals surface area contributed by atoms with Crippen molar-refractivity contribution >= 4 is 39.1 Å². The number of amides is 1. The lowest BCUT2D eigenvalue weighted by Gasteiger charge is -2.11. The third-order valence-corrected chi connectivity index (χ3v) is 8.30. The summed E-state index contributed by atoms with van der Waals surface area (Å²) in [5.74, 6) is -0.627. The molecule has 0 aromatic heterocycles. The largest absolute Gasteiger partial charge is 0.379 e. The first-order chi connectivity index (χ1) is 18.6. The van der Waals surface area contributed by atoms with Gasteiger partial charge in [-0.1, -0.05) is 42.5 Å². The van der Waals surface area contributed by atoms with Gasteiger partial charge in [0, 0.05) is 28.8 Å². The first-order valence-corrected chi connectivity index (χ1v) is 14.2. The van der Waals surface area contributed by atoms with Crippen LogP contribution in [0.25, 0.3) is 11.1 Å². The maximum Gasteiger partial charge on any atom is 0.293 e. The lowest BCUT2D eigenvalue weighted by atomic mass is 10.0. The van der Waals surface area contributed by atoms with Crippen molar-refractivity contribution in [2.75, 3.05) is 17.6 Å². The third kappa shape index (κ3) is 7.01. The molecule has 200 valence electrons. The topological polar surface area (TPSA) is 118 Å². The van der Waals surface area contributed by atoms with Crippen LogP contribution in [0.15, 0.2) is 101 Å². The number of hydrogen-bond acceptors (Lipinski definition) is 7. The van der Waals surface area contributed by atoms with Crippen LogP contribution in [0.1, 0.15) is 15.9 Å². The minimum absolute atomic E-state index is 0.0726. The highest BCUT2D eigenvalue weighted by Gasteiger charge is 2.24. The first-order valence-electron chi connectivity index (χ1n) is 11.8. The molecule has 0 aliphatic heterocycles. The number of nitrogens with one attached hydrogen (secondary N) is 2. The van der Waals surface area contributed by atoms with Crippen LogP contribution in [0.4, 0.5) is 15.8 Å². The predicted octanol–water partition coefficient (Wildman–Crippen LogP) is 6.03. The molecule has 0 atom stereocenters. The van der Waals surface area contributed by atoms with Gasteiger partial charge in [-0.15, -0.1) is 11.8 Å². The summed E-state index contributed by atoms with van der Waals surface area (Å²) in [6.07, 6.45) is 0. The van der Waals surface area contributed by atoms with E-state index in [0.717, 1.165) is 22.1 Å². The number of carbonyl (C=O) groups is 1. The molecule has 0 saturated carbocycles. The summed E-state index contributed by atoms with van der Waals surface area (Å²) in [7, 11) is -4.39. The summed E-state index contributed by atoms with van der Waals surface area (Å²) in [6.45, 7) is 2.41. The van der Waals surface area contributed by atoms with E-state index in [1.807, 2.05) is 35.9 Å². The van der Waals surface area contributed by atoms with Crippen molar-refractivity contribution in [2.24, 2.45) is 0 Å². The summed E-state index contributed by atoms with van der Waals surface area (Å²) in [5, 5.41) is 14.7. The van der Waals surface area contributed by atoms with Crippen molar-refractivity contribution < 1.29 is 22.5 Å². The highest BCUT2D eigenvalue weighted by molar-refractivity contribution is 7.99. The van der Waals surface area contributed by atoms with Crippen LogP contribution in [-0.2, 0) is 10.0 Å². The Morgan fingerprint density at radius 3 is 2.23 bits per heavy atom. The van der Waals surface area contributed by atoms with Crippen molar-refractivity contribution in [3.05, 3.63) is 118 Å². The predicted molar refractivity (Wildman–Crippen MR) is 150 cm³/mol. The van der Waals surface area contributed by atoms with E-state index in [1.54, 1.807) is 36.0 Å². The molecule has 4 aromatic carbocycles. The van der Waals surface area contributed by atoms with Crippen LogP contribution in [-0.4, -0.2) is 31.5 Å². The summed E-state index contributed by atoms with van der Waals surface area (Å²) in [6, 6.07) is 23.2. The van der Waals surface area contributed by atoms with Crippen molar-refractivity contribution in [1.82, 2.24) is 4.72 Å². The molecule has 0 spiro atoms. The number of halogens is 1. The Morgan fingerprint density at radius 1 is 0.949 bits per heavy atom. The molecule has 0 unspecified atom stereocenters. The van der Waals surface area contributed by atoms with Crippen LogP contribution in [0.2, 0.25) is 0 Å². The number of nitro groups is 1. The van der Waals surface area contributed by atoms with Gasteiger partial charge in [0.05, 0.1) is 9.82 Å². The zero-order valence-electron chi connectivity index (χ0n) is 20.8. The van der Waals surface area contributed by atoms with Gasteiger partial charge in [0.15, 0.2) is 0 Å². The number of sulfonamides is 1.